The van der Waals surface area contributed by atoms with E-state index < -0.39 is 0 Å². The van der Waals surface area contributed by atoms with E-state index in [1.54, 1.807) is 12.4 Å². The molecule has 6 nitrogen and oxygen atoms in total. The Morgan fingerprint density at radius 3 is 2.67 bits per heavy atom. The second-order valence-corrected chi connectivity index (χ2v) is 4.55. The molecule has 0 saturated heterocycles. The largest absolute Gasteiger partial charge is 0.300 e. The summed E-state index contributed by atoms with van der Waals surface area (Å²) >= 11 is 1.25. The summed E-state index contributed by atoms with van der Waals surface area (Å²) < 4.78 is 0. The van der Waals surface area contributed by atoms with Crippen LogP contribution in [0.4, 0.5) is 5.13 Å². The SMILES string of the molecule is CC(=O)CC(=O)Nc1nnc(-c2ccncc2)s1. The molecule has 2 aromatic rings. The van der Waals surface area contributed by atoms with Gasteiger partial charge in [-0.2, -0.15) is 0 Å². The Bertz CT molecular complexity index is 567. The Morgan fingerprint density at radius 1 is 1.28 bits per heavy atom. The van der Waals surface area contributed by atoms with Gasteiger partial charge in [-0.25, -0.2) is 0 Å². The number of pyridine rings is 1. The normalized spacial score (nSPS) is 10.1. The fourth-order valence-corrected chi connectivity index (χ4v) is 2.04. The molecule has 0 fully saturated rings. The van der Waals surface area contributed by atoms with E-state index in [1.807, 2.05) is 12.1 Å². The van der Waals surface area contributed by atoms with Crippen LogP contribution < -0.4 is 5.32 Å². The minimum absolute atomic E-state index is 0.149. The monoisotopic (exact) mass is 262 g/mol. The number of amides is 1. The summed E-state index contributed by atoms with van der Waals surface area (Å²) in [6.45, 7) is 1.36. The van der Waals surface area contributed by atoms with Crippen molar-refractivity contribution >= 4 is 28.2 Å². The van der Waals surface area contributed by atoms with Crippen molar-refractivity contribution < 1.29 is 9.59 Å². The van der Waals surface area contributed by atoms with Crippen LogP contribution in [0.15, 0.2) is 24.5 Å². The molecule has 0 radical (unpaired) electrons. The predicted octanol–water partition coefficient (Wildman–Crippen LogP) is 1.52. The lowest BCUT2D eigenvalue weighted by molar-refractivity contribution is -0.124. The van der Waals surface area contributed by atoms with E-state index >= 15 is 0 Å². The highest BCUT2D eigenvalue weighted by Crippen LogP contribution is 2.25. The van der Waals surface area contributed by atoms with Crippen molar-refractivity contribution in [1.82, 2.24) is 15.2 Å². The van der Waals surface area contributed by atoms with Gasteiger partial charge in [0.1, 0.15) is 10.8 Å². The van der Waals surface area contributed by atoms with Crippen LogP contribution in [0.25, 0.3) is 10.6 Å². The van der Waals surface area contributed by atoms with Gasteiger partial charge in [-0.1, -0.05) is 11.3 Å². The van der Waals surface area contributed by atoms with Crippen molar-refractivity contribution in [3.63, 3.8) is 0 Å². The van der Waals surface area contributed by atoms with Gasteiger partial charge in [0.05, 0.1) is 6.42 Å². The van der Waals surface area contributed by atoms with Gasteiger partial charge >= 0.3 is 0 Å². The fraction of sp³-hybridized carbons (Fsp3) is 0.182. The van der Waals surface area contributed by atoms with Crippen LogP contribution in [0.2, 0.25) is 0 Å². The maximum atomic E-state index is 11.4. The number of rotatable bonds is 4. The molecular formula is C11H10N4O2S. The first-order valence-corrected chi connectivity index (χ1v) is 6.00. The van der Waals surface area contributed by atoms with E-state index in [1.165, 1.54) is 18.3 Å². The average molecular weight is 262 g/mol. The zero-order valence-corrected chi connectivity index (χ0v) is 10.4. The fourth-order valence-electron chi connectivity index (χ4n) is 1.27. The number of nitrogens with zero attached hydrogens (tertiary/aromatic N) is 3. The number of nitrogens with one attached hydrogen (secondary N) is 1. The average Bonchev–Trinajstić information content (AvgIpc) is 2.77. The van der Waals surface area contributed by atoms with Crippen LogP contribution in [0.3, 0.4) is 0 Å². The van der Waals surface area contributed by atoms with Crippen LogP contribution in [0, 0.1) is 0 Å². The van der Waals surface area contributed by atoms with Crippen LogP contribution in [-0.4, -0.2) is 26.9 Å². The Morgan fingerprint density at radius 2 is 2.00 bits per heavy atom. The highest BCUT2D eigenvalue weighted by atomic mass is 32.1. The van der Waals surface area contributed by atoms with E-state index in [-0.39, 0.29) is 18.1 Å². The molecule has 0 aromatic carbocycles. The van der Waals surface area contributed by atoms with E-state index in [9.17, 15) is 9.59 Å². The summed E-state index contributed by atoms with van der Waals surface area (Å²) in [5.41, 5.74) is 0.884. The van der Waals surface area contributed by atoms with Crippen molar-refractivity contribution in [3.8, 4) is 10.6 Å². The van der Waals surface area contributed by atoms with E-state index in [2.05, 4.69) is 20.5 Å². The molecule has 1 amide bonds. The zero-order valence-electron chi connectivity index (χ0n) is 9.58. The predicted molar refractivity (Wildman–Crippen MR) is 67.1 cm³/mol. The summed E-state index contributed by atoms with van der Waals surface area (Å²) in [5.74, 6) is -0.564. The summed E-state index contributed by atoms with van der Waals surface area (Å²) in [6, 6.07) is 3.61. The number of anilines is 1. The first-order chi connectivity index (χ1) is 8.65. The van der Waals surface area contributed by atoms with Crippen LogP contribution in [-0.2, 0) is 9.59 Å². The van der Waals surface area contributed by atoms with Gasteiger partial charge in [-0.15, -0.1) is 10.2 Å². The van der Waals surface area contributed by atoms with Crippen LogP contribution in [0.1, 0.15) is 13.3 Å². The Labute approximate surface area is 107 Å². The molecule has 0 aliphatic heterocycles. The van der Waals surface area contributed by atoms with Crippen molar-refractivity contribution in [1.29, 1.82) is 0 Å². The molecule has 0 aliphatic carbocycles. The highest BCUT2D eigenvalue weighted by Gasteiger charge is 2.10. The number of carbonyl (C=O) groups is 2. The Balaban J connectivity index is 2.07. The van der Waals surface area contributed by atoms with Crippen molar-refractivity contribution in [2.45, 2.75) is 13.3 Å². The van der Waals surface area contributed by atoms with E-state index in [4.69, 9.17) is 0 Å². The quantitative estimate of drug-likeness (QED) is 0.844. The van der Waals surface area contributed by atoms with Crippen molar-refractivity contribution in [3.05, 3.63) is 24.5 Å². The van der Waals surface area contributed by atoms with Gasteiger partial charge in [-0.05, 0) is 19.1 Å². The van der Waals surface area contributed by atoms with Crippen molar-refractivity contribution in [2.24, 2.45) is 0 Å². The van der Waals surface area contributed by atoms with Crippen LogP contribution >= 0.6 is 11.3 Å². The van der Waals surface area contributed by atoms with Gasteiger partial charge in [0.25, 0.3) is 0 Å². The molecule has 0 unspecified atom stereocenters. The molecule has 2 rings (SSSR count). The molecule has 2 heterocycles. The molecule has 18 heavy (non-hydrogen) atoms. The van der Waals surface area contributed by atoms with E-state index in [0.29, 0.717) is 10.1 Å². The molecule has 0 atom stereocenters. The lowest BCUT2D eigenvalue weighted by Crippen LogP contribution is -2.14. The minimum Gasteiger partial charge on any atom is -0.300 e. The number of aromatic nitrogens is 3. The number of hydrogen-bond acceptors (Lipinski definition) is 6. The second-order valence-electron chi connectivity index (χ2n) is 3.58. The van der Waals surface area contributed by atoms with Gasteiger partial charge in [0.15, 0.2) is 0 Å². The molecule has 0 saturated carbocycles. The standard InChI is InChI=1S/C11H10N4O2S/c1-7(16)6-9(17)13-11-15-14-10(18-11)8-2-4-12-5-3-8/h2-5H,6H2,1H3,(H,13,15,17). The lowest BCUT2D eigenvalue weighted by Gasteiger charge is -1.96. The highest BCUT2D eigenvalue weighted by molar-refractivity contribution is 7.18. The Hall–Kier alpha value is -2.15. The number of hydrogen-bond donors (Lipinski definition) is 1. The number of Topliss-reactive ketones (excluding diaryl/α,β-unsaturated/α-hetero) is 1. The van der Waals surface area contributed by atoms with Gasteiger partial charge < -0.3 is 5.32 Å². The van der Waals surface area contributed by atoms with Gasteiger partial charge in [0.2, 0.25) is 11.0 Å². The molecule has 1 N–H and O–H groups in total. The lowest BCUT2D eigenvalue weighted by atomic mass is 10.3. The summed E-state index contributed by atoms with van der Waals surface area (Å²) in [6.07, 6.45) is 3.17. The summed E-state index contributed by atoms with van der Waals surface area (Å²) in [5, 5.41) is 11.4. The summed E-state index contributed by atoms with van der Waals surface area (Å²) in [7, 11) is 0. The van der Waals surface area contributed by atoms with Crippen LogP contribution in [0.5, 0.6) is 0 Å². The molecule has 2 aromatic heterocycles. The third-order valence-corrected chi connectivity index (χ3v) is 2.90. The second kappa shape index (κ2) is 5.46. The molecule has 0 spiro atoms. The van der Waals surface area contributed by atoms with E-state index in [0.717, 1.165) is 5.56 Å². The van der Waals surface area contributed by atoms with Gasteiger partial charge in [0, 0.05) is 18.0 Å². The minimum atomic E-state index is -0.375. The maximum Gasteiger partial charge on any atom is 0.233 e. The summed E-state index contributed by atoms with van der Waals surface area (Å²) in [4.78, 5) is 26.0. The molecule has 0 aliphatic rings. The smallest absolute Gasteiger partial charge is 0.233 e. The first-order valence-electron chi connectivity index (χ1n) is 5.18. The van der Waals surface area contributed by atoms with Gasteiger partial charge in [-0.3, -0.25) is 14.6 Å². The third kappa shape index (κ3) is 3.17. The molecule has 7 heteroatoms. The number of ketones is 1. The topological polar surface area (TPSA) is 84.8 Å². The first kappa shape index (κ1) is 12.3. The maximum absolute atomic E-state index is 11.4. The molecule has 0 bridgehead atoms. The number of carbonyl (C=O) groups excluding carboxylic acids is 2. The molecular weight excluding hydrogens is 252 g/mol. The zero-order chi connectivity index (χ0) is 13.0. The molecule has 92 valence electrons. The van der Waals surface area contributed by atoms with Crippen molar-refractivity contribution in [2.75, 3.05) is 5.32 Å². The third-order valence-electron chi connectivity index (χ3n) is 2.01. The Kier molecular flexibility index (Phi) is 3.73.